The Morgan fingerprint density at radius 1 is 1.26 bits per heavy atom. The SMILES string of the molecule is CNS(=O)(=O)c1cccc([C@H](C)N[C@@H]2CCC[C@H](N(C)C)C2)c1. The summed E-state index contributed by atoms with van der Waals surface area (Å²) in [5.74, 6) is 0. The van der Waals surface area contributed by atoms with E-state index in [1.54, 1.807) is 18.2 Å². The first-order valence-corrected chi connectivity index (χ1v) is 9.78. The largest absolute Gasteiger partial charge is 0.307 e. The molecule has 0 amide bonds. The van der Waals surface area contributed by atoms with Gasteiger partial charge in [0.25, 0.3) is 0 Å². The van der Waals surface area contributed by atoms with Gasteiger partial charge in [0.1, 0.15) is 0 Å². The van der Waals surface area contributed by atoms with Crippen LogP contribution in [0, 0.1) is 0 Å². The molecule has 2 N–H and O–H groups in total. The zero-order chi connectivity index (χ0) is 17.0. The first-order chi connectivity index (χ1) is 10.8. The number of benzene rings is 1. The molecule has 6 heteroatoms. The fourth-order valence-electron chi connectivity index (χ4n) is 3.30. The number of rotatable bonds is 6. The molecule has 2 rings (SSSR count). The first-order valence-electron chi connectivity index (χ1n) is 8.29. The lowest BCUT2D eigenvalue weighted by atomic mass is 9.89. The molecule has 1 fully saturated rings. The van der Waals surface area contributed by atoms with E-state index < -0.39 is 10.0 Å². The standard InChI is InChI=1S/C17H29N3O2S/c1-13(19-15-8-6-9-16(12-15)20(3)4)14-7-5-10-17(11-14)23(21,22)18-2/h5,7,10-11,13,15-16,18-19H,6,8-9,12H2,1-4H3/t13-,15+,16-/m0/s1. The van der Waals surface area contributed by atoms with E-state index in [2.05, 4.69) is 36.0 Å². The number of hydrogen-bond donors (Lipinski definition) is 2. The Kier molecular flexibility index (Phi) is 6.19. The van der Waals surface area contributed by atoms with Gasteiger partial charge in [0.15, 0.2) is 0 Å². The molecule has 3 atom stereocenters. The van der Waals surface area contributed by atoms with Gasteiger partial charge in [0, 0.05) is 18.1 Å². The second-order valence-corrected chi connectivity index (χ2v) is 8.54. The smallest absolute Gasteiger partial charge is 0.240 e. The molecule has 1 aromatic rings. The summed E-state index contributed by atoms with van der Waals surface area (Å²) >= 11 is 0. The molecule has 130 valence electrons. The quantitative estimate of drug-likeness (QED) is 0.833. The van der Waals surface area contributed by atoms with E-state index in [0.29, 0.717) is 17.0 Å². The van der Waals surface area contributed by atoms with E-state index in [4.69, 9.17) is 0 Å². The molecule has 0 spiro atoms. The molecular weight excluding hydrogens is 310 g/mol. The van der Waals surface area contributed by atoms with Crippen molar-refractivity contribution >= 4 is 10.0 Å². The summed E-state index contributed by atoms with van der Waals surface area (Å²) in [5, 5.41) is 3.67. The van der Waals surface area contributed by atoms with Crippen LogP contribution in [0.15, 0.2) is 29.2 Å². The Balaban J connectivity index is 2.06. The second-order valence-electron chi connectivity index (χ2n) is 6.65. The minimum atomic E-state index is -3.39. The zero-order valence-electron chi connectivity index (χ0n) is 14.5. The van der Waals surface area contributed by atoms with Crippen LogP contribution < -0.4 is 10.0 Å². The topological polar surface area (TPSA) is 61.4 Å². The molecule has 0 unspecified atom stereocenters. The average molecular weight is 340 g/mol. The summed E-state index contributed by atoms with van der Waals surface area (Å²) in [6.07, 6.45) is 4.83. The number of nitrogens with one attached hydrogen (secondary N) is 2. The van der Waals surface area contributed by atoms with E-state index in [1.165, 1.54) is 26.3 Å². The van der Waals surface area contributed by atoms with Crippen LogP contribution in [-0.2, 0) is 10.0 Å². The maximum Gasteiger partial charge on any atom is 0.240 e. The second kappa shape index (κ2) is 7.75. The molecule has 0 aromatic heterocycles. The molecule has 0 bridgehead atoms. The lowest BCUT2D eigenvalue weighted by molar-refractivity contribution is 0.193. The van der Waals surface area contributed by atoms with Gasteiger partial charge in [0.05, 0.1) is 4.90 Å². The average Bonchev–Trinajstić information content (AvgIpc) is 2.55. The fourth-order valence-corrected chi connectivity index (χ4v) is 4.09. The van der Waals surface area contributed by atoms with Crippen LogP contribution in [0.1, 0.15) is 44.2 Å². The Labute approximate surface area is 140 Å². The maximum atomic E-state index is 11.9. The Morgan fingerprint density at radius 3 is 2.65 bits per heavy atom. The fraction of sp³-hybridized carbons (Fsp3) is 0.647. The number of hydrogen-bond acceptors (Lipinski definition) is 4. The zero-order valence-corrected chi connectivity index (χ0v) is 15.4. The van der Waals surface area contributed by atoms with Gasteiger partial charge in [-0.3, -0.25) is 0 Å². The third-order valence-electron chi connectivity index (χ3n) is 4.80. The Morgan fingerprint density at radius 2 is 2.00 bits per heavy atom. The molecule has 1 saturated carbocycles. The van der Waals surface area contributed by atoms with Gasteiger partial charge in [-0.25, -0.2) is 13.1 Å². The molecule has 0 radical (unpaired) electrons. The van der Waals surface area contributed by atoms with E-state index >= 15 is 0 Å². The van der Waals surface area contributed by atoms with Crippen molar-refractivity contribution < 1.29 is 8.42 Å². The normalized spacial score (nSPS) is 23.9. The Bertz CT molecular complexity index is 616. The highest BCUT2D eigenvalue weighted by Crippen LogP contribution is 2.25. The van der Waals surface area contributed by atoms with E-state index in [0.717, 1.165) is 12.0 Å². The van der Waals surface area contributed by atoms with Crippen LogP contribution in [0.4, 0.5) is 0 Å². The van der Waals surface area contributed by atoms with Crippen LogP contribution in [0.5, 0.6) is 0 Å². The van der Waals surface area contributed by atoms with Crippen LogP contribution in [-0.4, -0.2) is 46.5 Å². The molecule has 5 nitrogen and oxygen atoms in total. The summed E-state index contributed by atoms with van der Waals surface area (Å²) in [6, 6.07) is 8.42. The summed E-state index contributed by atoms with van der Waals surface area (Å²) < 4.78 is 26.3. The Hall–Kier alpha value is -0.950. The predicted molar refractivity (Wildman–Crippen MR) is 94.0 cm³/mol. The lowest BCUT2D eigenvalue weighted by Crippen LogP contribution is -2.42. The highest BCUT2D eigenvalue weighted by molar-refractivity contribution is 7.89. The van der Waals surface area contributed by atoms with Gasteiger partial charge >= 0.3 is 0 Å². The van der Waals surface area contributed by atoms with Crippen LogP contribution in [0.2, 0.25) is 0 Å². The maximum absolute atomic E-state index is 11.9. The van der Waals surface area contributed by atoms with Gasteiger partial charge < -0.3 is 10.2 Å². The van der Waals surface area contributed by atoms with Crippen molar-refractivity contribution in [1.29, 1.82) is 0 Å². The van der Waals surface area contributed by atoms with Crippen LogP contribution >= 0.6 is 0 Å². The van der Waals surface area contributed by atoms with Crippen LogP contribution in [0.3, 0.4) is 0 Å². The molecular formula is C17H29N3O2S. The number of sulfonamides is 1. The number of nitrogens with zero attached hydrogens (tertiary/aromatic N) is 1. The van der Waals surface area contributed by atoms with Gasteiger partial charge in [-0.15, -0.1) is 0 Å². The minimum Gasteiger partial charge on any atom is -0.307 e. The van der Waals surface area contributed by atoms with Gasteiger partial charge in [-0.05, 0) is 65.0 Å². The van der Waals surface area contributed by atoms with E-state index in [-0.39, 0.29) is 6.04 Å². The third-order valence-corrected chi connectivity index (χ3v) is 6.21. The van der Waals surface area contributed by atoms with Crippen molar-refractivity contribution in [3.05, 3.63) is 29.8 Å². The van der Waals surface area contributed by atoms with Crippen molar-refractivity contribution in [3.8, 4) is 0 Å². The van der Waals surface area contributed by atoms with Gasteiger partial charge in [0.2, 0.25) is 10.0 Å². The van der Waals surface area contributed by atoms with Gasteiger partial charge in [-0.1, -0.05) is 18.6 Å². The minimum absolute atomic E-state index is 0.132. The lowest BCUT2D eigenvalue weighted by Gasteiger charge is -2.35. The highest BCUT2D eigenvalue weighted by Gasteiger charge is 2.24. The molecule has 0 heterocycles. The molecule has 1 aliphatic rings. The summed E-state index contributed by atoms with van der Waals surface area (Å²) in [5.41, 5.74) is 1.01. The molecule has 23 heavy (non-hydrogen) atoms. The summed E-state index contributed by atoms with van der Waals surface area (Å²) in [7, 11) is 2.33. The monoisotopic (exact) mass is 339 g/mol. The summed E-state index contributed by atoms with van der Waals surface area (Å²) in [6.45, 7) is 2.10. The first kappa shape index (κ1) is 18.4. The van der Waals surface area contributed by atoms with E-state index in [1.807, 2.05) is 6.07 Å². The molecule has 1 aromatic carbocycles. The van der Waals surface area contributed by atoms with Crippen molar-refractivity contribution in [2.45, 2.75) is 55.6 Å². The highest BCUT2D eigenvalue weighted by atomic mass is 32.2. The molecule has 1 aliphatic carbocycles. The molecule has 0 saturated heterocycles. The predicted octanol–water partition coefficient (Wildman–Crippen LogP) is 2.12. The van der Waals surface area contributed by atoms with E-state index in [9.17, 15) is 8.42 Å². The van der Waals surface area contributed by atoms with Crippen molar-refractivity contribution in [3.63, 3.8) is 0 Å². The van der Waals surface area contributed by atoms with Gasteiger partial charge in [-0.2, -0.15) is 0 Å². The van der Waals surface area contributed by atoms with Crippen molar-refractivity contribution in [1.82, 2.24) is 14.9 Å². The van der Waals surface area contributed by atoms with Crippen molar-refractivity contribution in [2.75, 3.05) is 21.1 Å². The van der Waals surface area contributed by atoms with Crippen molar-refractivity contribution in [2.24, 2.45) is 0 Å². The summed E-state index contributed by atoms with van der Waals surface area (Å²) in [4.78, 5) is 2.62. The molecule has 0 aliphatic heterocycles. The van der Waals surface area contributed by atoms with Crippen LogP contribution in [0.25, 0.3) is 0 Å². The third kappa shape index (κ3) is 4.76.